The van der Waals surface area contributed by atoms with Crippen LogP contribution in [0.2, 0.25) is 5.02 Å². The van der Waals surface area contributed by atoms with Crippen molar-refractivity contribution in [3.05, 3.63) is 80.2 Å². The molecule has 2 aromatic carbocycles. The summed E-state index contributed by atoms with van der Waals surface area (Å²) in [6.07, 6.45) is 1.98. The zero-order valence-electron chi connectivity index (χ0n) is 11.9. The molecule has 5 heteroatoms. The van der Waals surface area contributed by atoms with Crippen LogP contribution in [0.3, 0.4) is 0 Å². The number of hydrogen-bond donors (Lipinski definition) is 0. The lowest BCUT2D eigenvalue weighted by atomic mass is 9.85. The third-order valence-corrected chi connectivity index (χ3v) is 4.34. The molecule has 1 atom stereocenters. The average Bonchev–Trinajstić information content (AvgIpc) is 2.65. The first-order valence-corrected chi connectivity index (χ1v) is 7.51. The van der Waals surface area contributed by atoms with E-state index >= 15 is 0 Å². The predicted molar refractivity (Wildman–Crippen MR) is 85.9 cm³/mol. The van der Waals surface area contributed by atoms with Gasteiger partial charge in [0.15, 0.2) is 0 Å². The lowest BCUT2D eigenvalue weighted by Gasteiger charge is -2.19. The second-order valence-electron chi connectivity index (χ2n) is 5.38. The molecule has 0 saturated heterocycles. The fraction of sp³-hybridized carbons (Fsp3) is 0.235. The molecule has 1 aliphatic carbocycles. The highest BCUT2D eigenvalue weighted by atomic mass is 35.5. The molecule has 2 aromatic rings. The molecule has 1 unspecified atom stereocenters. The Hall–Kier alpha value is -2.29. The van der Waals surface area contributed by atoms with Crippen LogP contribution >= 0.6 is 11.6 Å². The molecule has 110 valence electrons. The van der Waals surface area contributed by atoms with Crippen LogP contribution in [0.25, 0.3) is 10.4 Å². The number of aryl methyl sites for hydroxylation is 2. The number of carbonyl (C=O) groups excluding carboxylic acids is 1. The van der Waals surface area contributed by atoms with E-state index in [1.54, 1.807) is 0 Å². The summed E-state index contributed by atoms with van der Waals surface area (Å²) in [6.45, 7) is 0. The van der Waals surface area contributed by atoms with Crippen LogP contribution < -0.4 is 0 Å². The molecule has 0 aromatic heterocycles. The Morgan fingerprint density at radius 1 is 1.18 bits per heavy atom. The fourth-order valence-corrected chi connectivity index (χ4v) is 3.35. The van der Waals surface area contributed by atoms with E-state index in [1.165, 1.54) is 5.56 Å². The van der Waals surface area contributed by atoms with Gasteiger partial charge in [-0.05, 0) is 57.9 Å². The first kappa shape index (κ1) is 14.6. The zero-order chi connectivity index (χ0) is 15.5. The van der Waals surface area contributed by atoms with Gasteiger partial charge >= 0.3 is 0 Å². The van der Waals surface area contributed by atoms with E-state index in [0.717, 1.165) is 29.5 Å². The largest absolute Gasteiger partial charge is 0.293 e. The molecule has 4 nitrogen and oxygen atoms in total. The van der Waals surface area contributed by atoms with Gasteiger partial charge in [0.25, 0.3) is 0 Å². The summed E-state index contributed by atoms with van der Waals surface area (Å²) in [6, 6.07) is 13.9. The highest BCUT2D eigenvalue weighted by molar-refractivity contribution is 6.30. The molecule has 3 rings (SSSR count). The normalized spacial score (nSPS) is 16.0. The second-order valence-corrected chi connectivity index (χ2v) is 5.82. The molecule has 0 radical (unpaired) electrons. The maximum Gasteiger partial charge on any atom is 0.219 e. The van der Waals surface area contributed by atoms with Gasteiger partial charge in [0, 0.05) is 22.3 Å². The Morgan fingerprint density at radius 3 is 2.73 bits per heavy atom. The number of nitrogens with zero attached hydrogens (tertiary/aromatic N) is 3. The van der Waals surface area contributed by atoms with Crippen molar-refractivity contribution in [3.63, 3.8) is 0 Å². The maximum atomic E-state index is 11.9. The maximum absolute atomic E-state index is 11.9. The Balaban J connectivity index is 2.12. The first-order valence-electron chi connectivity index (χ1n) is 7.13. The van der Waals surface area contributed by atoms with Crippen LogP contribution in [0.5, 0.6) is 0 Å². The van der Waals surface area contributed by atoms with Crippen molar-refractivity contribution < 1.29 is 4.79 Å². The van der Waals surface area contributed by atoms with Crippen LogP contribution in [0.15, 0.2) is 47.6 Å². The Labute approximate surface area is 133 Å². The Bertz CT molecular complexity index is 781. The second kappa shape index (κ2) is 6.22. The third-order valence-electron chi connectivity index (χ3n) is 4.11. The van der Waals surface area contributed by atoms with E-state index in [4.69, 9.17) is 17.1 Å². The highest BCUT2D eigenvalue weighted by Crippen LogP contribution is 2.37. The van der Waals surface area contributed by atoms with Crippen molar-refractivity contribution in [2.75, 3.05) is 0 Å². The molecule has 0 saturated carbocycles. The molecule has 0 aliphatic heterocycles. The van der Waals surface area contributed by atoms with Crippen molar-refractivity contribution in [3.8, 4) is 0 Å². The monoisotopic (exact) mass is 311 g/mol. The van der Waals surface area contributed by atoms with Crippen molar-refractivity contribution in [1.82, 2.24) is 0 Å². The first-order chi connectivity index (χ1) is 10.7. The molecule has 0 spiro atoms. The minimum Gasteiger partial charge on any atom is -0.293 e. The number of fused-ring (bicyclic) bond motifs is 2. The van der Waals surface area contributed by atoms with Gasteiger partial charge in [-0.2, -0.15) is 0 Å². The summed E-state index contributed by atoms with van der Waals surface area (Å²) in [5, 5.41) is 3.93. The van der Waals surface area contributed by atoms with Gasteiger partial charge in [-0.3, -0.25) is 4.79 Å². The van der Waals surface area contributed by atoms with Crippen molar-refractivity contribution in [2.45, 2.75) is 25.2 Å². The quantitative estimate of drug-likeness (QED) is 0.446. The summed E-state index contributed by atoms with van der Waals surface area (Å²) in [4.78, 5) is 14.5. The smallest absolute Gasteiger partial charge is 0.219 e. The number of halogens is 1. The van der Waals surface area contributed by atoms with Crippen LogP contribution in [-0.4, -0.2) is 5.91 Å². The van der Waals surface area contributed by atoms with E-state index in [-0.39, 0.29) is 12.3 Å². The zero-order valence-corrected chi connectivity index (χ0v) is 12.6. The molecule has 22 heavy (non-hydrogen) atoms. The van der Waals surface area contributed by atoms with Crippen LogP contribution in [0, 0.1) is 0 Å². The fourth-order valence-electron chi connectivity index (χ4n) is 3.15. The van der Waals surface area contributed by atoms with E-state index < -0.39 is 5.91 Å². The van der Waals surface area contributed by atoms with Crippen LogP contribution in [0.4, 0.5) is 0 Å². The standard InChI is InChI=1S/C17H14ClN3O/c18-13-7-8-15-12(9-13)6-5-11-3-1-2-4-14(11)16(15)10-17(22)20-21-19/h1-4,7-9,16H,5-6,10H2. The third kappa shape index (κ3) is 2.84. The van der Waals surface area contributed by atoms with Gasteiger partial charge in [-0.25, -0.2) is 0 Å². The van der Waals surface area contributed by atoms with Gasteiger partial charge in [0.05, 0.1) is 0 Å². The topological polar surface area (TPSA) is 65.8 Å². The van der Waals surface area contributed by atoms with Crippen LogP contribution in [-0.2, 0) is 17.6 Å². The number of rotatable bonds is 2. The highest BCUT2D eigenvalue weighted by Gasteiger charge is 2.25. The molecule has 1 amide bonds. The minimum absolute atomic E-state index is 0.0935. The average molecular weight is 312 g/mol. The Morgan fingerprint density at radius 2 is 1.91 bits per heavy atom. The molecule has 0 bridgehead atoms. The number of amides is 1. The van der Waals surface area contributed by atoms with Gasteiger partial charge in [0.1, 0.15) is 0 Å². The van der Waals surface area contributed by atoms with Crippen LogP contribution in [0.1, 0.15) is 34.6 Å². The summed E-state index contributed by atoms with van der Waals surface area (Å²) < 4.78 is 0. The SMILES string of the molecule is [N-]=[N+]=NC(=O)CC1c2ccccc2CCc2cc(Cl)ccc21. The molecule has 0 N–H and O–H groups in total. The predicted octanol–water partition coefficient (Wildman–Crippen LogP) is 4.80. The van der Waals surface area contributed by atoms with E-state index in [2.05, 4.69) is 16.1 Å². The number of hydrogen-bond acceptors (Lipinski definition) is 1. The Kier molecular flexibility index (Phi) is 4.14. The molecule has 0 fully saturated rings. The van der Waals surface area contributed by atoms with E-state index in [0.29, 0.717) is 5.02 Å². The summed E-state index contributed by atoms with van der Waals surface area (Å²) in [5.41, 5.74) is 13.1. The van der Waals surface area contributed by atoms with E-state index in [9.17, 15) is 4.79 Å². The van der Waals surface area contributed by atoms with E-state index in [1.807, 2.05) is 36.4 Å². The minimum atomic E-state index is -0.440. The lowest BCUT2D eigenvalue weighted by molar-refractivity contribution is -0.118. The molecular formula is C17H14ClN3O. The summed E-state index contributed by atoms with van der Waals surface area (Å²) in [5.74, 6) is -0.533. The number of azide groups is 1. The molecule has 1 aliphatic rings. The van der Waals surface area contributed by atoms with Gasteiger partial charge < -0.3 is 0 Å². The molecule has 0 heterocycles. The summed E-state index contributed by atoms with van der Waals surface area (Å²) >= 11 is 6.11. The molecular weight excluding hydrogens is 298 g/mol. The van der Waals surface area contributed by atoms with Crippen molar-refractivity contribution in [2.24, 2.45) is 5.11 Å². The number of benzene rings is 2. The lowest BCUT2D eigenvalue weighted by Crippen LogP contribution is -2.08. The van der Waals surface area contributed by atoms with Gasteiger partial charge in [-0.15, -0.1) is 0 Å². The van der Waals surface area contributed by atoms with Crippen molar-refractivity contribution in [1.29, 1.82) is 0 Å². The van der Waals surface area contributed by atoms with Gasteiger partial charge in [-0.1, -0.05) is 41.9 Å². The summed E-state index contributed by atoms with van der Waals surface area (Å²) in [7, 11) is 0. The number of carbonyl (C=O) groups is 1. The van der Waals surface area contributed by atoms with Crippen molar-refractivity contribution >= 4 is 17.5 Å². The van der Waals surface area contributed by atoms with Gasteiger partial charge in [0.2, 0.25) is 5.91 Å².